The lowest BCUT2D eigenvalue weighted by Crippen LogP contribution is -2.58. The van der Waals surface area contributed by atoms with E-state index in [0.717, 1.165) is 36.8 Å². The molecule has 2 aromatic rings. The highest BCUT2D eigenvalue weighted by molar-refractivity contribution is 5.82. The normalized spacial score (nSPS) is 18.1. The van der Waals surface area contributed by atoms with Gasteiger partial charge in [0.2, 0.25) is 11.8 Å². The predicted molar refractivity (Wildman–Crippen MR) is 128 cm³/mol. The van der Waals surface area contributed by atoms with Gasteiger partial charge in [0.25, 0.3) is 0 Å². The Hall–Kier alpha value is -2.77. The summed E-state index contributed by atoms with van der Waals surface area (Å²) in [6, 6.07) is 15.9. The first kappa shape index (κ1) is 24.4. The Morgan fingerprint density at radius 1 is 0.971 bits per heavy atom. The Morgan fingerprint density at radius 2 is 1.68 bits per heavy atom. The fourth-order valence-electron chi connectivity index (χ4n) is 5.06. The van der Waals surface area contributed by atoms with E-state index in [-0.39, 0.29) is 30.3 Å². The van der Waals surface area contributed by atoms with Gasteiger partial charge >= 0.3 is 0 Å². The van der Waals surface area contributed by atoms with Crippen LogP contribution < -0.4 is 5.32 Å². The summed E-state index contributed by atoms with van der Waals surface area (Å²) in [5.41, 5.74) is 1.80. The van der Waals surface area contributed by atoms with Crippen LogP contribution in [0.2, 0.25) is 0 Å². The lowest BCUT2D eigenvalue weighted by molar-refractivity contribution is -0.139. The number of nitrogens with one attached hydrogen (secondary N) is 1. The van der Waals surface area contributed by atoms with Crippen LogP contribution in [0.3, 0.4) is 0 Å². The molecule has 2 aliphatic rings. The Kier molecular flexibility index (Phi) is 8.66. The molecule has 2 fully saturated rings. The smallest absolute Gasteiger partial charge is 0.248 e. The Bertz CT molecular complexity index is 941. The molecule has 2 amide bonds. The predicted octanol–water partition coefficient (Wildman–Crippen LogP) is 3.36. The van der Waals surface area contributed by atoms with Crippen LogP contribution in [0.1, 0.15) is 36.8 Å². The Morgan fingerprint density at radius 3 is 2.38 bits per heavy atom. The molecule has 182 valence electrons. The number of carbonyl (C=O) groups is 2. The second-order valence-corrected chi connectivity index (χ2v) is 9.23. The lowest BCUT2D eigenvalue weighted by Gasteiger charge is -2.40. The number of halogens is 1. The number of hydrogen-bond acceptors (Lipinski definition) is 4. The summed E-state index contributed by atoms with van der Waals surface area (Å²) in [5, 5.41) is 3.03. The summed E-state index contributed by atoms with van der Waals surface area (Å²) in [6.07, 6.45) is 4.39. The van der Waals surface area contributed by atoms with E-state index in [1.54, 1.807) is 6.07 Å². The summed E-state index contributed by atoms with van der Waals surface area (Å²) in [4.78, 5) is 29.9. The number of benzene rings is 2. The SMILES string of the molecule is O=C(NCc1cccc(F)c1)[C@H](C1CCCC1)N1CCN(C(=O)COCc2ccccc2)CC1. The van der Waals surface area contributed by atoms with Gasteiger partial charge < -0.3 is 15.0 Å². The molecule has 1 N–H and O–H groups in total. The zero-order valence-corrected chi connectivity index (χ0v) is 19.6. The van der Waals surface area contributed by atoms with Gasteiger partial charge in [-0.2, -0.15) is 0 Å². The molecular formula is C27H34FN3O3. The zero-order chi connectivity index (χ0) is 23.8. The van der Waals surface area contributed by atoms with Crippen LogP contribution in [-0.4, -0.2) is 60.4 Å². The van der Waals surface area contributed by atoms with Gasteiger partial charge in [0, 0.05) is 32.7 Å². The van der Waals surface area contributed by atoms with Crippen LogP contribution in [-0.2, 0) is 27.5 Å². The molecular weight excluding hydrogens is 433 g/mol. The molecule has 0 aromatic heterocycles. The summed E-state index contributed by atoms with van der Waals surface area (Å²) < 4.78 is 19.1. The first-order chi connectivity index (χ1) is 16.6. The number of amides is 2. The second-order valence-electron chi connectivity index (χ2n) is 9.23. The number of hydrogen-bond donors (Lipinski definition) is 1. The molecule has 1 saturated heterocycles. The summed E-state index contributed by atoms with van der Waals surface area (Å²) in [7, 11) is 0. The van der Waals surface area contributed by atoms with Crippen LogP contribution in [0.15, 0.2) is 54.6 Å². The van der Waals surface area contributed by atoms with Crippen molar-refractivity contribution in [2.45, 2.75) is 44.9 Å². The van der Waals surface area contributed by atoms with Crippen molar-refractivity contribution in [3.8, 4) is 0 Å². The molecule has 7 heteroatoms. The van der Waals surface area contributed by atoms with Crippen molar-refractivity contribution >= 4 is 11.8 Å². The molecule has 1 heterocycles. The minimum Gasteiger partial charge on any atom is -0.367 e. The van der Waals surface area contributed by atoms with Crippen molar-refractivity contribution in [2.75, 3.05) is 32.8 Å². The third-order valence-electron chi connectivity index (χ3n) is 6.87. The topological polar surface area (TPSA) is 61.9 Å². The van der Waals surface area contributed by atoms with Crippen molar-refractivity contribution < 1.29 is 18.7 Å². The third kappa shape index (κ3) is 6.64. The number of rotatable bonds is 9. The Balaban J connectivity index is 1.28. The van der Waals surface area contributed by atoms with Gasteiger partial charge in [-0.3, -0.25) is 14.5 Å². The summed E-state index contributed by atoms with van der Waals surface area (Å²) in [6.45, 7) is 3.31. The van der Waals surface area contributed by atoms with Crippen LogP contribution in [0.4, 0.5) is 4.39 Å². The molecule has 1 atom stereocenters. The van der Waals surface area contributed by atoms with Gasteiger partial charge in [-0.05, 0) is 42.0 Å². The molecule has 4 rings (SSSR count). The lowest BCUT2D eigenvalue weighted by atomic mass is 9.95. The quantitative estimate of drug-likeness (QED) is 0.614. The minimum atomic E-state index is -0.298. The largest absolute Gasteiger partial charge is 0.367 e. The molecule has 0 bridgehead atoms. The molecule has 6 nitrogen and oxygen atoms in total. The first-order valence-electron chi connectivity index (χ1n) is 12.3. The molecule has 2 aromatic carbocycles. The van der Waals surface area contributed by atoms with Gasteiger partial charge in [0.05, 0.1) is 12.6 Å². The van der Waals surface area contributed by atoms with Crippen LogP contribution >= 0.6 is 0 Å². The Labute approximate surface area is 201 Å². The van der Waals surface area contributed by atoms with Crippen LogP contribution in [0.5, 0.6) is 0 Å². The minimum absolute atomic E-state index is 0.00197. The first-order valence-corrected chi connectivity index (χ1v) is 12.3. The van der Waals surface area contributed by atoms with Gasteiger partial charge in [-0.15, -0.1) is 0 Å². The maximum Gasteiger partial charge on any atom is 0.248 e. The second kappa shape index (κ2) is 12.1. The highest BCUT2D eigenvalue weighted by atomic mass is 19.1. The van der Waals surface area contributed by atoms with Gasteiger partial charge in [-0.25, -0.2) is 4.39 Å². The fraction of sp³-hybridized carbons (Fsp3) is 0.481. The third-order valence-corrected chi connectivity index (χ3v) is 6.87. The summed E-state index contributed by atoms with van der Waals surface area (Å²) >= 11 is 0. The maximum atomic E-state index is 13.5. The number of carbonyl (C=O) groups excluding carboxylic acids is 2. The number of piperazine rings is 1. The van der Waals surface area contributed by atoms with E-state index < -0.39 is 0 Å². The van der Waals surface area contributed by atoms with Crippen molar-refractivity contribution in [2.24, 2.45) is 5.92 Å². The van der Waals surface area contributed by atoms with E-state index >= 15 is 0 Å². The average Bonchev–Trinajstić information content (AvgIpc) is 3.38. The van der Waals surface area contributed by atoms with E-state index in [9.17, 15) is 14.0 Å². The van der Waals surface area contributed by atoms with Gasteiger partial charge in [0.1, 0.15) is 12.4 Å². The van der Waals surface area contributed by atoms with Crippen molar-refractivity contribution in [3.63, 3.8) is 0 Å². The van der Waals surface area contributed by atoms with E-state index in [1.807, 2.05) is 41.3 Å². The summed E-state index contributed by atoms with van der Waals surface area (Å²) in [5.74, 6) is 0.0160. The molecule has 34 heavy (non-hydrogen) atoms. The molecule has 0 spiro atoms. The fourth-order valence-corrected chi connectivity index (χ4v) is 5.06. The molecule has 1 aliphatic carbocycles. The molecule has 0 radical (unpaired) electrons. The maximum absolute atomic E-state index is 13.5. The molecule has 1 saturated carbocycles. The molecule has 0 unspecified atom stereocenters. The highest BCUT2D eigenvalue weighted by Crippen LogP contribution is 2.31. The average molecular weight is 468 g/mol. The monoisotopic (exact) mass is 467 g/mol. The van der Waals surface area contributed by atoms with Crippen molar-refractivity contribution in [1.82, 2.24) is 15.1 Å². The van der Waals surface area contributed by atoms with Crippen molar-refractivity contribution in [1.29, 1.82) is 0 Å². The van der Waals surface area contributed by atoms with E-state index in [0.29, 0.717) is 45.2 Å². The molecule has 1 aliphatic heterocycles. The highest BCUT2D eigenvalue weighted by Gasteiger charge is 2.37. The van der Waals surface area contributed by atoms with Crippen LogP contribution in [0, 0.1) is 11.7 Å². The van der Waals surface area contributed by atoms with E-state index in [4.69, 9.17) is 4.74 Å². The van der Waals surface area contributed by atoms with Crippen molar-refractivity contribution in [3.05, 3.63) is 71.5 Å². The zero-order valence-electron chi connectivity index (χ0n) is 19.6. The standard InChI is InChI=1S/C27H34FN3O3/c28-24-12-6-9-22(17-24)18-29-27(33)26(23-10-4-5-11-23)31-15-13-30(14-16-31)25(32)20-34-19-21-7-2-1-3-8-21/h1-3,6-9,12,17,23,26H,4-5,10-11,13-16,18-20H2,(H,29,33)/t26-/m0/s1. The number of ether oxygens (including phenoxy) is 1. The van der Waals surface area contributed by atoms with E-state index in [2.05, 4.69) is 10.2 Å². The van der Waals surface area contributed by atoms with E-state index in [1.165, 1.54) is 12.1 Å². The van der Waals surface area contributed by atoms with Crippen LogP contribution in [0.25, 0.3) is 0 Å². The van der Waals surface area contributed by atoms with Gasteiger partial charge in [0.15, 0.2) is 0 Å². The van der Waals surface area contributed by atoms with Gasteiger partial charge in [-0.1, -0.05) is 55.3 Å². The number of nitrogens with zero attached hydrogens (tertiary/aromatic N) is 2.